The first kappa shape index (κ1) is 14.6. The van der Waals surface area contributed by atoms with Gasteiger partial charge < -0.3 is 5.11 Å². The molecule has 1 aromatic carbocycles. The van der Waals surface area contributed by atoms with E-state index in [-0.39, 0.29) is 5.41 Å². The second-order valence-corrected chi connectivity index (χ2v) is 6.37. The minimum atomic E-state index is -0.477. The first-order chi connectivity index (χ1) is 10.2. The molecule has 21 heavy (non-hydrogen) atoms. The number of rotatable bonds is 5. The van der Waals surface area contributed by atoms with Crippen LogP contribution in [0.15, 0.2) is 48.7 Å². The SMILES string of the molecule is OC(c1ccccn1)C1(CCc2ccccc2Cl)CCC1. The van der Waals surface area contributed by atoms with E-state index in [1.807, 2.05) is 36.4 Å². The number of benzene rings is 1. The van der Waals surface area contributed by atoms with Crippen LogP contribution in [-0.4, -0.2) is 10.1 Å². The van der Waals surface area contributed by atoms with Crippen molar-refractivity contribution in [2.75, 3.05) is 0 Å². The summed E-state index contributed by atoms with van der Waals surface area (Å²) in [6, 6.07) is 13.7. The molecule has 110 valence electrons. The van der Waals surface area contributed by atoms with Crippen LogP contribution in [0.2, 0.25) is 5.02 Å². The van der Waals surface area contributed by atoms with Crippen molar-refractivity contribution in [2.45, 2.75) is 38.2 Å². The molecule has 0 amide bonds. The Kier molecular flexibility index (Phi) is 4.27. The number of aryl methyl sites for hydroxylation is 1. The molecule has 1 atom stereocenters. The molecule has 0 radical (unpaired) electrons. The maximum Gasteiger partial charge on any atom is 0.102 e. The highest BCUT2D eigenvalue weighted by molar-refractivity contribution is 6.31. The predicted octanol–water partition coefficient (Wildman–Crippen LogP) is 4.57. The van der Waals surface area contributed by atoms with Gasteiger partial charge in [0, 0.05) is 16.6 Å². The minimum Gasteiger partial charge on any atom is -0.386 e. The molecule has 1 aromatic heterocycles. The fraction of sp³-hybridized carbons (Fsp3) is 0.389. The summed E-state index contributed by atoms with van der Waals surface area (Å²) in [7, 11) is 0. The fourth-order valence-corrected chi connectivity index (χ4v) is 3.46. The third-order valence-electron chi connectivity index (χ3n) is 4.75. The van der Waals surface area contributed by atoms with Crippen molar-refractivity contribution < 1.29 is 5.11 Å². The smallest absolute Gasteiger partial charge is 0.102 e. The van der Waals surface area contributed by atoms with E-state index in [1.165, 1.54) is 12.0 Å². The quantitative estimate of drug-likeness (QED) is 0.877. The summed E-state index contributed by atoms with van der Waals surface area (Å²) < 4.78 is 0. The van der Waals surface area contributed by atoms with Crippen LogP contribution in [0.3, 0.4) is 0 Å². The van der Waals surface area contributed by atoms with Crippen LogP contribution in [0, 0.1) is 5.41 Å². The van der Waals surface area contributed by atoms with Crippen molar-refractivity contribution in [2.24, 2.45) is 5.41 Å². The fourth-order valence-electron chi connectivity index (χ4n) is 3.23. The van der Waals surface area contributed by atoms with Crippen molar-refractivity contribution in [1.29, 1.82) is 0 Å². The topological polar surface area (TPSA) is 33.1 Å². The van der Waals surface area contributed by atoms with Crippen LogP contribution in [-0.2, 0) is 6.42 Å². The number of halogens is 1. The highest BCUT2D eigenvalue weighted by atomic mass is 35.5. The number of hydrogen-bond acceptors (Lipinski definition) is 2. The summed E-state index contributed by atoms with van der Waals surface area (Å²) in [6.45, 7) is 0. The van der Waals surface area contributed by atoms with E-state index in [4.69, 9.17) is 11.6 Å². The molecule has 0 saturated heterocycles. The summed E-state index contributed by atoms with van der Waals surface area (Å²) in [4.78, 5) is 4.32. The van der Waals surface area contributed by atoms with Gasteiger partial charge in [0.25, 0.3) is 0 Å². The van der Waals surface area contributed by atoms with Gasteiger partial charge in [-0.05, 0) is 49.4 Å². The van der Waals surface area contributed by atoms with Gasteiger partial charge in [-0.15, -0.1) is 0 Å². The molecule has 1 N–H and O–H groups in total. The molecular formula is C18H20ClNO. The average Bonchev–Trinajstić information content (AvgIpc) is 2.48. The van der Waals surface area contributed by atoms with Crippen LogP contribution < -0.4 is 0 Å². The highest BCUT2D eigenvalue weighted by Crippen LogP contribution is 2.53. The molecular weight excluding hydrogens is 282 g/mol. The van der Waals surface area contributed by atoms with Crippen molar-refractivity contribution in [3.8, 4) is 0 Å². The Morgan fingerprint density at radius 3 is 2.52 bits per heavy atom. The Morgan fingerprint density at radius 1 is 1.14 bits per heavy atom. The van der Waals surface area contributed by atoms with Gasteiger partial charge in [0.2, 0.25) is 0 Å². The molecule has 0 aliphatic heterocycles. The normalized spacial score (nSPS) is 18.0. The highest BCUT2D eigenvalue weighted by Gasteiger charge is 2.44. The maximum absolute atomic E-state index is 10.7. The van der Waals surface area contributed by atoms with Gasteiger partial charge >= 0.3 is 0 Å². The first-order valence-electron chi connectivity index (χ1n) is 7.54. The largest absolute Gasteiger partial charge is 0.386 e. The zero-order valence-corrected chi connectivity index (χ0v) is 12.8. The van der Waals surface area contributed by atoms with Crippen molar-refractivity contribution in [3.05, 3.63) is 64.9 Å². The summed E-state index contributed by atoms with van der Waals surface area (Å²) in [6.07, 6.45) is 6.45. The van der Waals surface area contributed by atoms with Crippen LogP contribution in [0.25, 0.3) is 0 Å². The molecule has 0 bridgehead atoms. The molecule has 1 fully saturated rings. The van der Waals surface area contributed by atoms with Gasteiger partial charge in [-0.3, -0.25) is 4.98 Å². The van der Waals surface area contributed by atoms with E-state index >= 15 is 0 Å². The number of aliphatic hydroxyl groups excluding tert-OH is 1. The Hall–Kier alpha value is -1.38. The maximum atomic E-state index is 10.7. The Labute approximate surface area is 130 Å². The molecule has 3 heteroatoms. The lowest BCUT2D eigenvalue weighted by atomic mass is 9.61. The molecule has 2 aromatic rings. The Bertz CT molecular complexity index is 595. The third kappa shape index (κ3) is 2.97. The van der Waals surface area contributed by atoms with Gasteiger partial charge in [0.1, 0.15) is 6.10 Å². The second-order valence-electron chi connectivity index (χ2n) is 5.96. The lowest BCUT2D eigenvalue weighted by Crippen LogP contribution is -2.37. The van der Waals surface area contributed by atoms with Gasteiger partial charge in [-0.25, -0.2) is 0 Å². The summed E-state index contributed by atoms with van der Waals surface area (Å²) in [5, 5.41) is 11.6. The lowest BCUT2D eigenvalue weighted by Gasteiger charge is -2.45. The lowest BCUT2D eigenvalue weighted by molar-refractivity contribution is -0.0457. The van der Waals surface area contributed by atoms with Crippen LogP contribution >= 0.6 is 11.6 Å². The Balaban J connectivity index is 1.74. The summed E-state index contributed by atoms with van der Waals surface area (Å²) >= 11 is 6.24. The van der Waals surface area contributed by atoms with E-state index in [9.17, 15) is 5.11 Å². The molecule has 1 aliphatic carbocycles. The van der Waals surface area contributed by atoms with Crippen molar-refractivity contribution in [3.63, 3.8) is 0 Å². The first-order valence-corrected chi connectivity index (χ1v) is 7.91. The summed E-state index contributed by atoms with van der Waals surface area (Å²) in [5.74, 6) is 0. The van der Waals surface area contributed by atoms with E-state index in [1.54, 1.807) is 6.20 Å². The number of hydrogen-bond donors (Lipinski definition) is 1. The number of aromatic nitrogens is 1. The molecule has 2 nitrogen and oxygen atoms in total. The zero-order chi connectivity index (χ0) is 14.7. The van der Waals surface area contributed by atoms with Gasteiger partial charge in [-0.2, -0.15) is 0 Å². The number of aliphatic hydroxyl groups is 1. The molecule has 3 rings (SSSR count). The van der Waals surface area contributed by atoms with Gasteiger partial charge in [0.15, 0.2) is 0 Å². The molecule has 0 spiro atoms. The molecule has 1 aliphatic rings. The van der Waals surface area contributed by atoms with Crippen LogP contribution in [0.5, 0.6) is 0 Å². The van der Waals surface area contributed by atoms with Crippen LogP contribution in [0.1, 0.15) is 43.0 Å². The number of nitrogens with zero attached hydrogens (tertiary/aromatic N) is 1. The van der Waals surface area contributed by atoms with Crippen LogP contribution in [0.4, 0.5) is 0 Å². The van der Waals surface area contributed by atoms with E-state index in [2.05, 4.69) is 11.1 Å². The monoisotopic (exact) mass is 301 g/mol. The molecule has 1 saturated carbocycles. The summed E-state index contributed by atoms with van der Waals surface area (Å²) in [5.41, 5.74) is 1.92. The van der Waals surface area contributed by atoms with E-state index in [0.29, 0.717) is 0 Å². The second kappa shape index (κ2) is 6.17. The minimum absolute atomic E-state index is 0.0342. The Morgan fingerprint density at radius 2 is 1.90 bits per heavy atom. The predicted molar refractivity (Wildman–Crippen MR) is 85.3 cm³/mol. The van der Waals surface area contributed by atoms with Crippen molar-refractivity contribution in [1.82, 2.24) is 4.98 Å². The van der Waals surface area contributed by atoms with E-state index in [0.717, 1.165) is 36.4 Å². The van der Waals surface area contributed by atoms with E-state index < -0.39 is 6.10 Å². The third-order valence-corrected chi connectivity index (χ3v) is 5.12. The zero-order valence-electron chi connectivity index (χ0n) is 12.0. The average molecular weight is 302 g/mol. The van der Waals surface area contributed by atoms with Gasteiger partial charge in [0.05, 0.1) is 5.69 Å². The molecule has 1 unspecified atom stereocenters. The molecule has 1 heterocycles. The van der Waals surface area contributed by atoms with Gasteiger partial charge in [-0.1, -0.05) is 42.3 Å². The standard InChI is InChI=1S/C18H20ClNO/c19-15-7-2-1-6-14(15)9-12-18(10-5-11-18)17(21)16-8-3-4-13-20-16/h1-4,6-8,13,17,21H,5,9-12H2. The van der Waals surface area contributed by atoms with Crippen molar-refractivity contribution >= 4 is 11.6 Å². The number of pyridine rings is 1.